The molecule has 2 aromatic rings. The number of aliphatic hydroxyl groups excluding tert-OH is 1. The van der Waals surface area contributed by atoms with E-state index in [1.807, 2.05) is 48.2 Å². The molecule has 0 saturated carbocycles. The van der Waals surface area contributed by atoms with Crippen molar-refractivity contribution >= 4 is 16.8 Å². The van der Waals surface area contributed by atoms with E-state index < -0.39 is 0 Å². The van der Waals surface area contributed by atoms with Gasteiger partial charge < -0.3 is 10.0 Å². The topological polar surface area (TPSA) is 94.8 Å². The molecule has 0 spiro atoms. The highest BCUT2D eigenvalue weighted by Crippen LogP contribution is 2.18. The molecule has 0 unspecified atom stereocenters. The molecule has 2 rings (SSSR count). The number of rotatable bonds is 5. The van der Waals surface area contributed by atoms with Crippen molar-refractivity contribution in [3.8, 4) is 18.2 Å². The molecule has 0 aromatic heterocycles. The molecule has 5 heteroatoms. The van der Waals surface area contributed by atoms with Gasteiger partial charge in [-0.2, -0.15) is 15.8 Å². The molecule has 0 saturated heterocycles. The van der Waals surface area contributed by atoms with Gasteiger partial charge in [0.15, 0.2) is 0 Å². The van der Waals surface area contributed by atoms with E-state index in [1.54, 1.807) is 24.3 Å². The van der Waals surface area contributed by atoms with Crippen LogP contribution in [0.25, 0.3) is 11.1 Å². The van der Waals surface area contributed by atoms with Gasteiger partial charge in [0.25, 0.3) is 0 Å². The summed E-state index contributed by atoms with van der Waals surface area (Å²) in [5, 5.41) is 37.8. The summed E-state index contributed by atoms with van der Waals surface area (Å²) < 4.78 is 0. The van der Waals surface area contributed by atoms with Gasteiger partial charge in [-0.05, 0) is 29.8 Å². The van der Waals surface area contributed by atoms with E-state index in [0.29, 0.717) is 17.3 Å². The lowest BCUT2D eigenvalue weighted by Crippen LogP contribution is -2.26. The Bertz CT molecular complexity index is 979. The van der Waals surface area contributed by atoms with Crippen molar-refractivity contribution < 1.29 is 5.11 Å². The van der Waals surface area contributed by atoms with Crippen LogP contribution in [0.5, 0.6) is 0 Å². The Labute approximate surface area is 152 Å². The van der Waals surface area contributed by atoms with E-state index in [9.17, 15) is 5.26 Å². The Morgan fingerprint density at radius 2 is 1.46 bits per heavy atom. The molecule has 0 aliphatic heterocycles. The molecule has 0 heterocycles. The number of hydrogen-bond acceptors (Lipinski definition) is 5. The van der Waals surface area contributed by atoms with Gasteiger partial charge in [-0.1, -0.05) is 36.4 Å². The minimum Gasteiger partial charge on any atom is -0.395 e. The standard InChI is InChI=1S/C21H18N4O/c1-2-25(11-12-26)20-9-7-18(8-10-20)21(15-24)17-5-3-16(4-6-17)19(13-22)14-23/h3-10,26H,2,11-12H2,1H3. The highest BCUT2D eigenvalue weighted by Gasteiger charge is 2.06. The lowest BCUT2D eigenvalue weighted by atomic mass is 10.0. The third-order valence-electron chi connectivity index (χ3n) is 4.07. The quantitative estimate of drug-likeness (QED) is 0.887. The Hall–Kier alpha value is -3.59. The van der Waals surface area contributed by atoms with Crippen molar-refractivity contribution in [1.29, 1.82) is 15.8 Å². The zero-order valence-electron chi connectivity index (χ0n) is 14.5. The van der Waals surface area contributed by atoms with Crippen molar-refractivity contribution in [1.82, 2.24) is 0 Å². The highest BCUT2D eigenvalue weighted by molar-refractivity contribution is 5.77. The average molecular weight is 342 g/mol. The van der Waals surface area contributed by atoms with Gasteiger partial charge in [-0.25, -0.2) is 0 Å². The molecule has 0 amide bonds. The van der Waals surface area contributed by atoms with Gasteiger partial charge >= 0.3 is 0 Å². The van der Waals surface area contributed by atoms with E-state index in [-0.39, 0.29) is 12.2 Å². The van der Waals surface area contributed by atoms with E-state index in [2.05, 4.69) is 6.07 Å². The second kappa shape index (κ2) is 9.04. The predicted molar refractivity (Wildman–Crippen MR) is 99.9 cm³/mol. The molecule has 128 valence electrons. The van der Waals surface area contributed by atoms with E-state index >= 15 is 0 Å². The second-order valence-corrected chi connectivity index (χ2v) is 5.51. The third kappa shape index (κ3) is 4.08. The van der Waals surface area contributed by atoms with Crippen LogP contribution in [0.4, 0.5) is 5.69 Å². The van der Waals surface area contributed by atoms with Crippen LogP contribution in [-0.4, -0.2) is 24.8 Å². The molecule has 5 nitrogen and oxygen atoms in total. The SMILES string of the molecule is CCN(CCO)c1ccc(C(C#N)=c2ccc(=C(C#N)C#N)cc2)cc1. The fourth-order valence-electron chi connectivity index (χ4n) is 2.68. The summed E-state index contributed by atoms with van der Waals surface area (Å²) in [6.07, 6.45) is 0. The van der Waals surface area contributed by atoms with E-state index in [1.165, 1.54) is 0 Å². The van der Waals surface area contributed by atoms with Crippen LogP contribution in [0.1, 0.15) is 12.5 Å². The largest absolute Gasteiger partial charge is 0.395 e. The molecular weight excluding hydrogens is 324 g/mol. The Balaban J connectivity index is 2.48. The number of hydrogen-bond donors (Lipinski definition) is 1. The molecule has 0 atom stereocenters. The summed E-state index contributed by atoms with van der Waals surface area (Å²) in [5.74, 6) is 0. The van der Waals surface area contributed by atoms with Crippen LogP contribution in [-0.2, 0) is 0 Å². The molecule has 2 aromatic carbocycles. The van der Waals surface area contributed by atoms with Gasteiger partial charge in [0.2, 0.25) is 0 Å². The summed E-state index contributed by atoms with van der Waals surface area (Å²) >= 11 is 0. The van der Waals surface area contributed by atoms with Crippen molar-refractivity contribution in [2.45, 2.75) is 6.92 Å². The monoisotopic (exact) mass is 342 g/mol. The fourth-order valence-corrected chi connectivity index (χ4v) is 2.68. The van der Waals surface area contributed by atoms with Gasteiger partial charge in [0, 0.05) is 24.0 Å². The molecule has 1 N–H and O–H groups in total. The van der Waals surface area contributed by atoms with Crippen LogP contribution >= 0.6 is 0 Å². The maximum absolute atomic E-state index is 9.57. The lowest BCUT2D eigenvalue weighted by Gasteiger charge is -2.22. The number of benzene rings is 2. The van der Waals surface area contributed by atoms with E-state index in [0.717, 1.165) is 23.0 Å². The number of nitrogens with zero attached hydrogens (tertiary/aromatic N) is 4. The normalized spacial score (nSPS) is 9.50. The van der Waals surface area contributed by atoms with Gasteiger partial charge in [-0.3, -0.25) is 0 Å². The molecular formula is C21H18N4O. The fraction of sp³-hybridized carbons (Fsp3) is 0.190. The lowest BCUT2D eigenvalue weighted by molar-refractivity contribution is 0.302. The number of nitriles is 3. The van der Waals surface area contributed by atoms with Crippen LogP contribution in [0.3, 0.4) is 0 Å². The number of likely N-dealkylation sites (N-methyl/N-ethyl adjacent to an activating group) is 1. The first-order valence-electron chi connectivity index (χ1n) is 8.19. The smallest absolute Gasteiger partial charge is 0.136 e. The molecule has 0 radical (unpaired) electrons. The Morgan fingerprint density at radius 1 is 0.885 bits per heavy atom. The highest BCUT2D eigenvalue weighted by atomic mass is 16.3. The molecule has 0 aliphatic rings. The first-order valence-corrected chi connectivity index (χ1v) is 8.19. The van der Waals surface area contributed by atoms with Gasteiger partial charge in [0.1, 0.15) is 23.8 Å². The number of aliphatic hydroxyl groups is 1. The van der Waals surface area contributed by atoms with Crippen molar-refractivity contribution in [3.05, 3.63) is 64.5 Å². The van der Waals surface area contributed by atoms with Crippen LogP contribution in [0.2, 0.25) is 0 Å². The maximum atomic E-state index is 9.57. The first-order chi connectivity index (χ1) is 12.7. The second-order valence-electron chi connectivity index (χ2n) is 5.51. The first kappa shape index (κ1) is 18.7. The number of anilines is 1. The van der Waals surface area contributed by atoms with Gasteiger partial charge in [-0.15, -0.1) is 0 Å². The van der Waals surface area contributed by atoms with E-state index in [4.69, 9.17) is 15.6 Å². The average Bonchev–Trinajstić information content (AvgIpc) is 2.69. The van der Waals surface area contributed by atoms with Gasteiger partial charge in [0.05, 0.1) is 12.2 Å². The molecule has 0 bridgehead atoms. The zero-order valence-corrected chi connectivity index (χ0v) is 14.5. The van der Waals surface area contributed by atoms with Crippen LogP contribution in [0.15, 0.2) is 48.5 Å². The molecule has 0 fully saturated rings. The Kier molecular flexibility index (Phi) is 6.52. The molecule has 0 aliphatic carbocycles. The minimum absolute atomic E-state index is 0.0444. The predicted octanol–water partition coefficient (Wildman–Crippen LogP) is 1.43. The minimum atomic E-state index is 0.0444. The summed E-state index contributed by atoms with van der Waals surface area (Å²) in [5.41, 5.74) is 2.33. The summed E-state index contributed by atoms with van der Waals surface area (Å²) in [7, 11) is 0. The Morgan fingerprint density at radius 3 is 1.92 bits per heavy atom. The van der Waals surface area contributed by atoms with Crippen LogP contribution < -0.4 is 15.3 Å². The van der Waals surface area contributed by atoms with Crippen molar-refractivity contribution in [2.24, 2.45) is 0 Å². The maximum Gasteiger partial charge on any atom is 0.136 e. The van der Waals surface area contributed by atoms with Crippen LogP contribution in [0, 0.1) is 34.0 Å². The summed E-state index contributed by atoms with van der Waals surface area (Å²) in [4.78, 5) is 2.05. The molecule has 26 heavy (non-hydrogen) atoms. The zero-order chi connectivity index (χ0) is 18.9. The summed E-state index contributed by atoms with van der Waals surface area (Å²) in [6.45, 7) is 3.45. The summed E-state index contributed by atoms with van der Waals surface area (Å²) in [6, 6.07) is 20.4. The third-order valence-corrected chi connectivity index (χ3v) is 4.07. The van der Waals surface area contributed by atoms with Crippen molar-refractivity contribution in [2.75, 3.05) is 24.6 Å². The van der Waals surface area contributed by atoms with Crippen molar-refractivity contribution in [3.63, 3.8) is 0 Å².